The van der Waals surface area contributed by atoms with Gasteiger partial charge in [0.25, 0.3) is 5.91 Å². The third-order valence-electron chi connectivity index (χ3n) is 4.80. The smallest absolute Gasteiger partial charge is 0.351 e. The van der Waals surface area contributed by atoms with E-state index >= 15 is 0 Å². The molecule has 1 aromatic rings. The molecule has 1 heterocycles. The minimum Gasteiger partial charge on any atom is -0.485 e. The van der Waals surface area contributed by atoms with Gasteiger partial charge in [-0.15, -0.1) is 0 Å². The summed E-state index contributed by atoms with van der Waals surface area (Å²) in [5.74, 6) is -0.0461. The Morgan fingerprint density at radius 2 is 1.89 bits per heavy atom. The maximum absolute atomic E-state index is 12.1. The molecule has 3 amide bonds. The highest BCUT2D eigenvalue weighted by Gasteiger charge is 2.29. The summed E-state index contributed by atoms with van der Waals surface area (Å²) in [7, 11) is 0. The molecule has 146 valence electrons. The molecule has 0 aromatic heterocycles. The van der Waals surface area contributed by atoms with E-state index in [0.29, 0.717) is 17.4 Å². The van der Waals surface area contributed by atoms with Crippen molar-refractivity contribution in [3.63, 3.8) is 0 Å². The first-order valence-corrected chi connectivity index (χ1v) is 9.18. The molecule has 8 nitrogen and oxygen atoms in total. The Morgan fingerprint density at radius 1 is 1.15 bits per heavy atom. The highest BCUT2D eigenvalue weighted by molar-refractivity contribution is 5.95. The number of fused-ring (bicyclic) bond motifs is 1. The lowest BCUT2D eigenvalue weighted by molar-refractivity contribution is -0.157. The van der Waals surface area contributed by atoms with Crippen LogP contribution in [-0.2, 0) is 14.3 Å². The van der Waals surface area contributed by atoms with Gasteiger partial charge in [0.15, 0.2) is 18.1 Å². The van der Waals surface area contributed by atoms with Gasteiger partial charge in [-0.2, -0.15) is 0 Å². The Kier molecular flexibility index (Phi) is 6.16. The average molecular weight is 376 g/mol. The maximum Gasteiger partial charge on any atom is 0.351 e. The van der Waals surface area contributed by atoms with Gasteiger partial charge in [0, 0.05) is 6.04 Å². The van der Waals surface area contributed by atoms with Crippen LogP contribution in [0.3, 0.4) is 0 Å². The molecule has 1 aliphatic heterocycles. The van der Waals surface area contributed by atoms with Crippen molar-refractivity contribution >= 4 is 17.9 Å². The fourth-order valence-electron chi connectivity index (χ4n) is 3.26. The van der Waals surface area contributed by atoms with Crippen LogP contribution in [0.5, 0.6) is 11.5 Å². The number of para-hydroxylation sites is 2. The van der Waals surface area contributed by atoms with Crippen LogP contribution in [0, 0.1) is 5.92 Å². The van der Waals surface area contributed by atoms with E-state index in [1.165, 1.54) is 0 Å². The third-order valence-corrected chi connectivity index (χ3v) is 4.80. The van der Waals surface area contributed by atoms with Gasteiger partial charge < -0.3 is 19.5 Å². The first-order chi connectivity index (χ1) is 13.0. The number of hydrogen-bond donors (Lipinski definition) is 2. The standard InChI is InChI=1S/C19H24N2O6/c1-12-6-2-3-7-13(12)20-19(24)21-17(22)11-26-18(23)16-10-25-14-8-4-5-9-15(14)27-16/h4-5,8-9,12-13,16H,2-3,6-7,10-11H2,1H3,(H2,20,21,22,24)/t12-,13+,16+/m1/s1. The van der Waals surface area contributed by atoms with E-state index in [1.807, 2.05) is 0 Å². The molecule has 3 rings (SSSR count). The van der Waals surface area contributed by atoms with E-state index in [0.717, 1.165) is 25.7 Å². The molecule has 1 saturated carbocycles. The van der Waals surface area contributed by atoms with Gasteiger partial charge in [-0.05, 0) is 30.9 Å². The minimum atomic E-state index is -0.954. The second-order valence-corrected chi connectivity index (χ2v) is 6.86. The highest BCUT2D eigenvalue weighted by atomic mass is 16.6. The monoisotopic (exact) mass is 376 g/mol. The van der Waals surface area contributed by atoms with Crippen LogP contribution in [-0.4, -0.2) is 43.3 Å². The number of imide groups is 1. The Labute approximate surface area is 157 Å². The second-order valence-electron chi connectivity index (χ2n) is 6.86. The van der Waals surface area contributed by atoms with Gasteiger partial charge in [0.05, 0.1) is 0 Å². The van der Waals surface area contributed by atoms with Crippen molar-refractivity contribution in [3.8, 4) is 11.5 Å². The largest absolute Gasteiger partial charge is 0.485 e. The molecule has 0 bridgehead atoms. The van der Waals surface area contributed by atoms with Crippen molar-refractivity contribution < 1.29 is 28.6 Å². The lowest BCUT2D eigenvalue weighted by Gasteiger charge is -2.29. The van der Waals surface area contributed by atoms with Gasteiger partial charge in [0.2, 0.25) is 6.10 Å². The number of nitrogens with one attached hydrogen (secondary N) is 2. The Hall–Kier alpha value is -2.77. The van der Waals surface area contributed by atoms with Crippen molar-refractivity contribution in [2.45, 2.75) is 44.8 Å². The predicted octanol–water partition coefficient (Wildman–Crippen LogP) is 1.77. The lowest BCUT2D eigenvalue weighted by Crippen LogP contribution is -2.49. The summed E-state index contributed by atoms with van der Waals surface area (Å²) >= 11 is 0. The van der Waals surface area contributed by atoms with Gasteiger partial charge in [0.1, 0.15) is 6.61 Å². The molecule has 1 aliphatic carbocycles. The second kappa shape index (κ2) is 8.75. The molecule has 2 aliphatic rings. The lowest BCUT2D eigenvalue weighted by atomic mass is 9.86. The van der Waals surface area contributed by atoms with Crippen LogP contribution in [0.25, 0.3) is 0 Å². The zero-order valence-electron chi connectivity index (χ0n) is 15.2. The summed E-state index contributed by atoms with van der Waals surface area (Å²) < 4.78 is 15.9. The molecule has 27 heavy (non-hydrogen) atoms. The fraction of sp³-hybridized carbons (Fsp3) is 0.526. The summed E-state index contributed by atoms with van der Waals surface area (Å²) in [6, 6.07) is 6.45. The quantitative estimate of drug-likeness (QED) is 0.777. The zero-order chi connectivity index (χ0) is 19.2. The van der Waals surface area contributed by atoms with Gasteiger partial charge in [-0.3, -0.25) is 10.1 Å². The molecular formula is C19H24N2O6. The van der Waals surface area contributed by atoms with Gasteiger partial charge in [-0.1, -0.05) is 31.9 Å². The number of amides is 3. The molecule has 0 radical (unpaired) electrons. The van der Waals surface area contributed by atoms with Crippen LogP contribution in [0.15, 0.2) is 24.3 Å². The van der Waals surface area contributed by atoms with E-state index in [4.69, 9.17) is 14.2 Å². The van der Waals surface area contributed by atoms with Crippen molar-refractivity contribution in [2.24, 2.45) is 5.92 Å². The Bertz CT molecular complexity index is 707. The van der Waals surface area contributed by atoms with Crippen molar-refractivity contribution in [3.05, 3.63) is 24.3 Å². The number of hydrogen-bond acceptors (Lipinski definition) is 6. The zero-order valence-corrected chi connectivity index (χ0v) is 15.2. The maximum atomic E-state index is 12.1. The van der Waals surface area contributed by atoms with Crippen LogP contribution in [0.4, 0.5) is 4.79 Å². The summed E-state index contributed by atoms with van der Waals surface area (Å²) in [5, 5.41) is 4.99. The van der Waals surface area contributed by atoms with E-state index in [2.05, 4.69) is 17.6 Å². The number of urea groups is 1. The van der Waals surface area contributed by atoms with Crippen LogP contribution >= 0.6 is 0 Å². The number of esters is 1. The predicted molar refractivity (Wildman–Crippen MR) is 95.4 cm³/mol. The molecule has 1 fully saturated rings. The van der Waals surface area contributed by atoms with E-state index in [1.54, 1.807) is 24.3 Å². The van der Waals surface area contributed by atoms with Crippen LogP contribution in [0.1, 0.15) is 32.6 Å². The average Bonchev–Trinajstić information content (AvgIpc) is 2.67. The van der Waals surface area contributed by atoms with Crippen LogP contribution in [0.2, 0.25) is 0 Å². The van der Waals surface area contributed by atoms with E-state index < -0.39 is 30.6 Å². The summed E-state index contributed by atoms with van der Waals surface area (Å²) in [4.78, 5) is 35.8. The number of carbonyl (C=O) groups excluding carboxylic acids is 3. The van der Waals surface area contributed by atoms with Crippen molar-refractivity contribution in [2.75, 3.05) is 13.2 Å². The summed E-state index contributed by atoms with van der Waals surface area (Å²) in [5.41, 5.74) is 0. The first kappa shape index (κ1) is 19.0. The molecule has 0 spiro atoms. The van der Waals surface area contributed by atoms with E-state index in [9.17, 15) is 14.4 Å². The van der Waals surface area contributed by atoms with Crippen molar-refractivity contribution in [1.82, 2.24) is 10.6 Å². The first-order valence-electron chi connectivity index (χ1n) is 9.18. The number of rotatable bonds is 4. The molecule has 0 saturated heterocycles. The number of ether oxygens (including phenoxy) is 3. The molecular weight excluding hydrogens is 352 g/mol. The molecule has 0 unspecified atom stereocenters. The molecule has 3 atom stereocenters. The summed E-state index contributed by atoms with van der Waals surface area (Å²) in [6.45, 7) is 1.52. The van der Waals surface area contributed by atoms with Gasteiger partial charge in [-0.25, -0.2) is 9.59 Å². The number of carbonyl (C=O) groups is 3. The normalized spacial score (nSPS) is 23.8. The topological polar surface area (TPSA) is 103 Å². The molecule has 2 N–H and O–H groups in total. The Morgan fingerprint density at radius 3 is 2.67 bits per heavy atom. The SMILES string of the molecule is C[C@@H]1CCCC[C@@H]1NC(=O)NC(=O)COC(=O)[C@@H]1COc2ccccc2O1. The van der Waals surface area contributed by atoms with Crippen molar-refractivity contribution in [1.29, 1.82) is 0 Å². The van der Waals surface area contributed by atoms with Gasteiger partial charge >= 0.3 is 12.0 Å². The minimum absolute atomic E-state index is 0.00246. The highest BCUT2D eigenvalue weighted by Crippen LogP contribution is 2.31. The fourth-order valence-corrected chi connectivity index (χ4v) is 3.26. The molecule has 8 heteroatoms. The molecule has 1 aromatic carbocycles. The summed E-state index contributed by atoms with van der Waals surface area (Å²) in [6.07, 6.45) is 3.23. The van der Waals surface area contributed by atoms with E-state index in [-0.39, 0.29) is 12.6 Å². The Balaban J connectivity index is 1.40. The van der Waals surface area contributed by atoms with Crippen LogP contribution < -0.4 is 20.1 Å². The third kappa shape index (κ3) is 5.12. The number of benzene rings is 1.